The molecule has 2 aliphatic rings. The summed E-state index contributed by atoms with van der Waals surface area (Å²) < 4.78 is 53.3. The van der Waals surface area contributed by atoms with Crippen molar-refractivity contribution in [2.45, 2.75) is 31.4 Å². The predicted octanol–water partition coefficient (Wildman–Crippen LogP) is 2.27. The van der Waals surface area contributed by atoms with E-state index in [2.05, 4.69) is 15.0 Å². The number of hydrogen-bond donors (Lipinski definition) is 1. The van der Waals surface area contributed by atoms with E-state index in [1.54, 1.807) is 0 Å². The van der Waals surface area contributed by atoms with Crippen molar-refractivity contribution >= 4 is 0 Å². The van der Waals surface area contributed by atoms with E-state index in [0.717, 1.165) is 31.6 Å². The third-order valence-corrected chi connectivity index (χ3v) is 3.83. The molecule has 0 amide bonds. The zero-order chi connectivity index (χ0) is 14.3. The Bertz CT molecular complexity index is 492. The van der Waals surface area contributed by atoms with Gasteiger partial charge in [-0.25, -0.2) is 4.39 Å². The van der Waals surface area contributed by atoms with E-state index in [1.165, 1.54) is 6.07 Å². The highest BCUT2D eigenvalue weighted by molar-refractivity contribution is 5.30. The monoisotopic (exact) mass is 290 g/mol. The second kappa shape index (κ2) is 4.89. The molecule has 2 unspecified atom stereocenters. The minimum Gasteiger partial charge on any atom is -0.403 e. The molecule has 2 atom stereocenters. The molecule has 1 aromatic rings. The van der Waals surface area contributed by atoms with Crippen LogP contribution in [-0.4, -0.2) is 36.4 Å². The minimum absolute atomic E-state index is 0.447. The van der Waals surface area contributed by atoms with Gasteiger partial charge >= 0.3 is 6.36 Å². The molecule has 0 spiro atoms. The average Bonchev–Trinajstić information content (AvgIpc) is 2.38. The van der Waals surface area contributed by atoms with E-state index >= 15 is 0 Å². The largest absolute Gasteiger partial charge is 0.573 e. The fourth-order valence-electron chi connectivity index (χ4n) is 2.88. The van der Waals surface area contributed by atoms with Gasteiger partial charge in [0.25, 0.3) is 0 Å². The first-order valence-electron chi connectivity index (χ1n) is 6.43. The van der Waals surface area contributed by atoms with Gasteiger partial charge in [0, 0.05) is 31.7 Å². The highest BCUT2D eigenvalue weighted by Gasteiger charge is 2.41. The Morgan fingerprint density at radius 2 is 1.95 bits per heavy atom. The molecule has 2 aliphatic heterocycles. The predicted molar refractivity (Wildman–Crippen MR) is 63.7 cm³/mol. The number of nitrogens with zero attached hydrogens (tertiary/aromatic N) is 1. The molecule has 1 N–H and O–H groups in total. The number of halogens is 4. The van der Waals surface area contributed by atoms with Crippen LogP contribution in [-0.2, 0) is 6.54 Å². The third-order valence-electron chi connectivity index (χ3n) is 3.83. The van der Waals surface area contributed by atoms with Gasteiger partial charge in [0.2, 0.25) is 0 Å². The van der Waals surface area contributed by atoms with Gasteiger partial charge < -0.3 is 10.1 Å². The number of piperidine rings is 1. The first kappa shape index (κ1) is 13.6. The maximum atomic E-state index is 13.6. The maximum absolute atomic E-state index is 13.6. The number of hydrogen-bond acceptors (Lipinski definition) is 3. The van der Waals surface area contributed by atoms with Gasteiger partial charge in [-0.15, -0.1) is 13.2 Å². The molecule has 0 aromatic heterocycles. The van der Waals surface area contributed by atoms with Crippen LogP contribution >= 0.6 is 0 Å². The van der Waals surface area contributed by atoms with Crippen LogP contribution in [0.25, 0.3) is 0 Å². The SMILES string of the molecule is Fc1cc(CN2C3CNCC2C3)ccc1OC(F)(F)F. The molecule has 2 fully saturated rings. The van der Waals surface area contributed by atoms with Crippen molar-refractivity contribution in [2.75, 3.05) is 13.1 Å². The summed E-state index contributed by atoms with van der Waals surface area (Å²) in [6, 6.07) is 4.52. The molecule has 0 radical (unpaired) electrons. The third kappa shape index (κ3) is 2.73. The van der Waals surface area contributed by atoms with E-state index in [-0.39, 0.29) is 0 Å². The Balaban J connectivity index is 1.68. The Labute approximate surface area is 113 Å². The number of ether oxygens (including phenoxy) is 1. The number of alkyl halides is 3. The van der Waals surface area contributed by atoms with Crippen LogP contribution in [0, 0.1) is 5.82 Å². The summed E-state index contributed by atoms with van der Waals surface area (Å²) in [6.07, 6.45) is -3.74. The van der Waals surface area contributed by atoms with Crippen molar-refractivity contribution in [2.24, 2.45) is 0 Å². The van der Waals surface area contributed by atoms with Gasteiger partial charge in [0.1, 0.15) is 0 Å². The van der Waals surface area contributed by atoms with Gasteiger partial charge in [0.15, 0.2) is 11.6 Å². The molecule has 1 aromatic carbocycles. The van der Waals surface area contributed by atoms with Crippen LogP contribution in [0.4, 0.5) is 17.6 Å². The van der Waals surface area contributed by atoms with E-state index < -0.39 is 17.9 Å². The molecule has 110 valence electrons. The van der Waals surface area contributed by atoms with Crippen molar-refractivity contribution in [1.29, 1.82) is 0 Å². The molecule has 2 bridgehead atoms. The van der Waals surface area contributed by atoms with E-state index in [0.29, 0.717) is 24.2 Å². The lowest BCUT2D eigenvalue weighted by Crippen LogP contribution is -2.67. The smallest absolute Gasteiger partial charge is 0.403 e. The van der Waals surface area contributed by atoms with Crippen molar-refractivity contribution in [1.82, 2.24) is 10.2 Å². The van der Waals surface area contributed by atoms with E-state index in [9.17, 15) is 17.6 Å². The zero-order valence-corrected chi connectivity index (χ0v) is 10.6. The van der Waals surface area contributed by atoms with Gasteiger partial charge in [-0.2, -0.15) is 0 Å². The fraction of sp³-hybridized carbons (Fsp3) is 0.538. The van der Waals surface area contributed by atoms with E-state index in [1.807, 2.05) is 0 Å². The summed E-state index contributed by atoms with van der Waals surface area (Å²) in [6.45, 7) is 2.38. The van der Waals surface area contributed by atoms with Crippen LogP contribution in [0.15, 0.2) is 18.2 Å². The van der Waals surface area contributed by atoms with Gasteiger partial charge in [0.05, 0.1) is 0 Å². The van der Waals surface area contributed by atoms with Crippen molar-refractivity contribution in [3.05, 3.63) is 29.6 Å². The topological polar surface area (TPSA) is 24.5 Å². The number of piperazine rings is 1. The average molecular weight is 290 g/mol. The molecule has 0 saturated carbocycles. The Morgan fingerprint density at radius 1 is 1.25 bits per heavy atom. The van der Waals surface area contributed by atoms with Crippen molar-refractivity contribution in [3.8, 4) is 5.75 Å². The fourth-order valence-corrected chi connectivity index (χ4v) is 2.88. The molecule has 7 heteroatoms. The lowest BCUT2D eigenvalue weighted by Gasteiger charge is -2.53. The standard InChI is InChI=1S/C13H14F4N2O/c14-11-3-8(1-2-12(11)20-13(15,16)17)7-19-9-4-10(19)6-18-5-9/h1-3,9-10,18H,4-7H2. The van der Waals surface area contributed by atoms with Crippen LogP contribution in [0.3, 0.4) is 0 Å². The molecule has 20 heavy (non-hydrogen) atoms. The van der Waals surface area contributed by atoms with Crippen LogP contribution in [0.2, 0.25) is 0 Å². The molecular formula is C13H14F4N2O. The lowest BCUT2D eigenvalue weighted by molar-refractivity contribution is -0.275. The molecule has 0 aliphatic carbocycles. The summed E-state index contributed by atoms with van der Waals surface area (Å²) in [5.74, 6) is -1.77. The summed E-state index contributed by atoms with van der Waals surface area (Å²) in [5, 5.41) is 3.29. The molecule has 3 rings (SSSR count). The Hall–Kier alpha value is -1.34. The molecular weight excluding hydrogens is 276 g/mol. The first-order valence-corrected chi connectivity index (χ1v) is 6.43. The lowest BCUT2D eigenvalue weighted by atomic mass is 9.88. The summed E-state index contributed by atoms with van der Waals surface area (Å²) in [4.78, 5) is 2.25. The van der Waals surface area contributed by atoms with Crippen LogP contribution in [0.1, 0.15) is 12.0 Å². The highest BCUT2D eigenvalue weighted by atomic mass is 19.4. The Morgan fingerprint density at radius 3 is 2.50 bits per heavy atom. The Kier molecular flexibility index (Phi) is 3.33. The zero-order valence-electron chi connectivity index (χ0n) is 10.6. The molecule has 2 saturated heterocycles. The quantitative estimate of drug-likeness (QED) is 0.864. The van der Waals surface area contributed by atoms with Gasteiger partial charge in [-0.3, -0.25) is 4.90 Å². The highest BCUT2D eigenvalue weighted by Crippen LogP contribution is 2.31. The number of rotatable bonds is 3. The van der Waals surface area contributed by atoms with Crippen LogP contribution in [0.5, 0.6) is 5.75 Å². The number of nitrogens with one attached hydrogen (secondary N) is 1. The maximum Gasteiger partial charge on any atom is 0.573 e. The van der Waals surface area contributed by atoms with Crippen molar-refractivity contribution < 1.29 is 22.3 Å². The van der Waals surface area contributed by atoms with Crippen LogP contribution < -0.4 is 10.1 Å². The second-order valence-corrected chi connectivity index (χ2v) is 5.19. The second-order valence-electron chi connectivity index (χ2n) is 5.19. The normalized spacial score (nSPS) is 26.2. The summed E-state index contributed by atoms with van der Waals surface area (Å²) >= 11 is 0. The van der Waals surface area contributed by atoms with Crippen molar-refractivity contribution in [3.63, 3.8) is 0 Å². The van der Waals surface area contributed by atoms with Gasteiger partial charge in [-0.1, -0.05) is 6.07 Å². The summed E-state index contributed by atoms with van der Waals surface area (Å²) in [5.41, 5.74) is 0.661. The number of fused-ring (bicyclic) bond motifs is 2. The first-order chi connectivity index (χ1) is 9.42. The molecule has 3 nitrogen and oxygen atoms in total. The van der Waals surface area contributed by atoms with Gasteiger partial charge in [-0.05, 0) is 24.1 Å². The minimum atomic E-state index is -4.87. The van der Waals surface area contributed by atoms with E-state index in [4.69, 9.17) is 0 Å². The number of benzene rings is 1. The summed E-state index contributed by atoms with van der Waals surface area (Å²) in [7, 11) is 0. The molecule has 2 heterocycles.